The molecule has 1 aromatic carbocycles. The van der Waals surface area contributed by atoms with Crippen LogP contribution in [0.25, 0.3) is 0 Å². The summed E-state index contributed by atoms with van der Waals surface area (Å²) in [5.41, 5.74) is 1.04. The highest BCUT2D eigenvalue weighted by atomic mass is 35.5. The molecule has 9 nitrogen and oxygen atoms in total. The first-order valence-electron chi connectivity index (χ1n) is 7.17. The van der Waals surface area contributed by atoms with Gasteiger partial charge in [-0.2, -0.15) is 0 Å². The molecule has 2 heterocycles. The quantitative estimate of drug-likeness (QED) is 0.514. The van der Waals surface area contributed by atoms with Crippen LogP contribution in [0, 0.1) is 24.0 Å². The van der Waals surface area contributed by atoms with Gasteiger partial charge in [-0.15, -0.1) is 0 Å². The van der Waals surface area contributed by atoms with Crippen molar-refractivity contribution in [2.75, 3.05) is 10.6 Å². The second-order valence-corrected chi connectivity index (χ2v) is 5.57. The molecular formula is C15H13ClN6O3. The number of hydrogen-bond donors (Lipinski definition) is 2. The standard InChI is InChI=1S/C15H13ClN6O3/c1-8-6-12(21-25-8)20-15-13(22(23)24)14(17-7-18-15)19-11-5-3-4-10(16)9(11)2/h3-7H,1-2H3,(H2,17,18,19,20,21). The minimum absolute atomic E-state index is 0.00418. The van der Waals surface area contributed by atoms with Crippen molar-refractivity contribution in [3.05, 3.63) is 57.1 Å². The van der Waals surface area contributed by atoms with Crippen LogP contribution in [0.2, 0.25) is 5.02 Å². The lowest BCUT2D eigenvalue weighted by atomic mass is 10.2. The number of aryl methyl sites for hydroxylation is 1. The van der Waals surface area contributed by atoms with E-state index in [-0.39, 0.29) is 17.3 Å². The van der Waals surface area contributed by atoms with Crippen LogP contribution in [-0.2, 0) is 0 Å². The Bertz CT molecular complexity index is 943. The first-order chi connectivity index (χ1) is 12.0. The molecule has 128 valence electrons. The summed E-state index contributed by atoms with van der Waals surface area (Å²) in [6, 6.07) is 6.82. The van der Waals surface area contributed by atoms with E-state index in [4.69, 9.17) is 16.1 Å². The molecule has 2 N–H and O–H groups in total. The minimum Gasteiger partial charge on any atom is -0.360 e. The van der Waals surface area contributed by atoms with Gasteiger partial charge in [-0.1, -0.05) is 22.8 Å². The van der Waals surface area contributed by atoms with Gasteiger partial charge in [-0.3, -0.25) is 10.1 Å². The summed E-state index contributed by atoms with van der Waals surface area (Å²) < 4.78 is 4.94. The normalized spacial score (nSPS) is 10.5. The van der Waals surface area contributed by atoms with Gasteiger partial charge < -0.3 is 15.2 Å². The Morgan fingerprint density at radius 2 is 1.92 bits per heavy atom. The zero-order valence-corrected chi connectivity index (χ0v) is 14.0. The second-order valence-electron chi connectivity index (χ2n) is 5.16. The molecule has 0 amide bonds. The Kier molecular flexibility index (Phi) is 4.48. The molecule has 0 aliphatic carbocycles. The van der Waals surface area contributed by atoms with Crippen molar-refractivity contribution < 1.29 is 9.45 Å². The molecule has 0 fully saturated rings. The van der Waals surface area contributed by atoms with Crippen molar-refractivity contribution in [3.63, 3.8) is 0 Å². The number of hydrogen-bond acceptors (Lipinski definition) is 8. The van der Waals surface area contributed by atoms with E-state index in [2.05, 4.69) is 25.8 Å². The number of rotatable bonds is 5. The van der Waals surface area contributed by atoms with E-state index in [1.165, 1.54) is 6.33 Å². The highest BCUT2D eigenvalue weighted by Crippen LogP contribution is 2.34. The highest BCUT2D eigenvalue weighted by Gasteiger charge is 2.24. The van der Waals surface area contributed by atoms with E-state index in [1.54, 1.807) is 38.1 Å². The van der Waals surface area contributed by atoms with E-state index in [0.717, 1.165) is 5.56 Å². The van der Waals surface area contributed by atoms with Crippen LogP contribution in [0.4, 0.5) is 28.8 Å². The summed E-state index contributed by atoms with van der Waals surface area (Å²) in [5, 5.41) is 21.5. The maximum Gasteiger partial charge on any atom is 0.353 e. The average Bonchev–Trinajstić information content (AvgIpc) is 2.97. The third-order valence-electron chi connectivity index (χ3n) is 3.40. The zero-order valence-electron chi connectivity index (χ0n) is 13.3. The van der Waals surface area contributed by atoms with Gasteiger partial charge in [0.2, 0.25) is 11.6 Å². The summed E-state index contributed by atoms with van der Waals surface area (Å²) in [6.07, 6.45) is 1.21. The molecule has 0 bridgehead atoms. The van der Waals surface area contributed by atoms with Crippen LogP contribution in [0.1, 0.15) is 11.3 Å². The molecule has 0 radical (unpaired) electrons. The molecule has 0 aliphatic heterocycles. The Hall–Kier alpha value is -3.20. The average molecular weight is 361 g/mol. The Labute approximate surface area is 147 Å². The van der Waals surface area contributed by atoms with E-state index in [1.807, 2.05) is 0 Å². The smallest absolute Gasteiger partial charge is 0.353 e. The summed E-state index contributed by atoms with van der Waals surface area (Å²) in [7, 11) is 0. The van der Waals surface area contributed by atoms with Gasteiger partial charge in [-0.05, 0) is 31.5 Å². The summed E-state index contributed by atoms with van der Waals surface area (Å²) >= 11 is 6.09. The number of halogens is 1. The second kappa shape index (κ2) is 6.73. The van der Waals surface area contributed by atoms with Crippen molar-refractivity contribution in [1.82, 2.24) is 15.1 Å². The maximum absolute atomic E-state index is 11.6. The monoisotopic (exact) mass is 360 g/mol. The molecule has 10 heteroatoms. The molecule has 0 unspecified atom stereocenters. The molecule has 2 aromatic heterocycles. The molecule has 0 aliphatic rings. The molecule has 0 atom stereocenters. The third kappa shape index (κ3) is 3.50. The molecule has 0 saturated carbocycles. The lowest BCUT2D eigenvalue weighted by molar-refractivity contribution is -0.383. The minimum atomic E-state index is -0.572. The fourth-order valence-electron chi connectivity index (χ4n) is 2.15. The van der Waals surface area contributed by atoms with Gasteiger partial charge in [0, 0.05) is 16.8 Å². The number of benzene rings is 1. The first kappa shape index (κ1) is 16.7. The van der Waals surface area contributed by atoms with Crippen molar-refractivity contribution >= 4 is 40.4 Å². The molecule has 25 heavy (non-hydrogen) atoms. The van der Waals surface area contributed by atoms with Crippen LogP contribution in [0.15, 0.2) is 35.1 Å². The lowest BCUT2D eigenvalue weighted by Crippen LogP contribution is -2.06. The Morgan fingerprint density at radius 1 is 1.20 bits per heavy atom. The fourth-order valence-corrected chi connectivity index (χ4v) is 2.33. The van der Waals surface area contributed by atoms with Gasteiger partial charge in [0.1, 0.15) is 12.1 Å². The summed E-state index contributed by atoms with van der Waals surface area (Å²) in [5.74, 6) is 0.903. The topological polar surface area (TPSA) is 119 Å². The first-order valence-corrected chi connectivity index (χ1v) is 7.55. The SMILES string of the molecule is Cc1cc(Nc2ncnc(Nc3cccc(Cl)c3C)c2[N+](=O)[O-])no1. The maximum atomic E-state index is 11.6. The molecule has 0 saturated heterocycles. The number of aromatic nitrogens is 3. The van der Waals surface area contributed by atoms with E-state index in [0.29, 0.717) is 22.3 Å². The van der Waals surface area contributed by atoms with Gasteiger partial charge in [0.25, 0.3) is 0 Å². The van der Waals surface area contributed by atoms with Gasteiger partial charge >= 0.3 is 5.69 Å². The predicted octanol–water partition coefficient (Wildman–Crippen LogP) is 4.13. The molecule has 0 spiro atoms. The lowest BCUT2D eigenvalue weighted by Gasteiger charge is -2.11. The van der Waals surface area contributed by atoms with E-state index < -0.39 is 4.92 Å². The van der Waals surface area contributed by atoms with Crippen LogP contribution < -0.4 is 10.6 Å². The highest BCUT2D eigenvalue weighted by molar-refractivity contribution is 6.31. The number of nitrogens with zero attached hydrogens (tertiary/aromatic N) is 4. The fraction of sp³-hybridized carbons (Fsp3) is 0.133. The molecule has 3 rings (SSSR count). The van der Waals surface area contributed by atoms with Crippen LogP contribution in [-0.4, -0.2) is 20.0 Å². The van der Waals surface area contributed by atoms with Gasteiger partial charge in [0.15, 0.2) is 5.82 Å². The summed E-state index contributed by atoms with van der Waals surface area (Å²) in [4.78, 5) is 18.9. The molecule has 3 aromatic rings. The van der Waals surface area contributed by atoms with Crippen LogP contribution >= 0.6 is 11.6 Å². The summed E-state index contributed by atoms with van der Waals surface area (Å²) in [6.45, 7) is 3.51. The number of nitro groups is 1. The third-order valence-corrected chi connectivity index (χ3v) is 3.81. The molecular weight excluding hydrogens is 348 g/mol. The van der Waals surface area contributed by atoms with Crippen molar-refractivity contribution in [1.29, 1.82) is 0 Å². The van der Waals surface area contributed by atoms with E-state index >= 15 is 0 Å². The number of anilines is 4. The van der Waals surface area contributed by atoms with Crippen molar-refractivity contribution in [3.8, 4) is 0 Å². The van der Waals surface area contributed by atoms with E-state index in [9.17, 15) is 10.1 Å². The van der Waals surface area contributed by atoms with Crippen molar-refractivity contribution in [2.45, 2.75) is 13.8 Å². The van der Waals surface area contributed by atoms with Crippen LogP contribution in [0.3, 0.4) is 0 Å². The number of nitrogens with one attached hydrogen (secondary N) is 2. The van der Waals surface area contributed by atoms with Crippen LogP contribution in [0.5, 0.6) is 0 Å². The van der Waals surface area contributed by atoms with Gasteiger partial charge in [0.05, 0.1) is 4.92 Å². The zero-order chi connectivity index (χ0) is 18.0. The largest absolute Gasteiger partial charge is 0.360 e. The Balaban J connectivity index is 2.00. The predicted molar refractivity (Wildman–Crippen MR) is 92.7 cm³/mol. The Morgan fingerprint density at radius 3 is 2.56 bits per heavy atom. The van der Waals surface area contributed by atoms with Crippen molar-refractivity contribution in [2.24, 2.45) is 0 Å². The van der Waals surface area contributed by atoms with Gasteiger partial charge in [-0.25, -0.2) is 9.97 Å².